The number of amides is 1. The number of morpholine rings is 1. The Morgan fingerprint density at radius 2 is 1.94 bits per heavy atom. The summed E-state index contributed by atoms with van der Waals surface area (Å²) in [4.78, 5) is 27.5. The van der Waals surface area contributed by atoms with Gasteiger partial charge in [-0.25, -0.2) is 4.79 Å². The number of nitrogens with one attached hydrogen (secondary N) is 1. The Balaban J connectivity index is 1.34. The van der Waals surface area contributed by atoms with Crippen LogP contribution in [0.2, 0.25) is 0 Å². The molecule has 4 rings (SSSR count). The van der Waals surface area contributed by atoms with E-state index >= 15 is 0 Å². The number of carbonyl (C=O) groups is 2. The molecule has 1 aromatic carbocycles. The first-order valence-corrected chi connectivity index (χ1v) is 11.7. The maximum Gasteiger partial charge on any atom is 0.375 e. The van der Waals surface area contributed by atoms with Gasteiger partial charge in [0.15, 0.2) is 6.61 Å². The van der Waals surface area contributed by atoms with Crippen molar-refractivity contribution in [1.29, 1.82) is 0 Å². The van der Waals surface area contributed by atoms with Crippen molar-refractivity contribution in [2.45, 2.75) is 44.6 Å². The lowest BCUT2D eigenvalue weighted by Crippen LogP contribution is -2.59. The number of rotatable bonds is 6. The molecule has 31 heavy (non-hydrogen) atoms. The molecular weight excluding hydrogens is 464 g/mol. The molecule has 2 fully saturated rings. The van der Waals surface area contributed by atoms with E-state index in [2.05, 4.69) is 26.1 Å². The van der Waals surface area contributed by atoms with Gasteiger partial charge in [-0.1, -0.05) is 35.2 Å². The fourth-order valence-electron chi connectivity index (χ4n) is 4.75. The van der Waals surface area contributed by atoms with Gasteiger partial charge in [0.2, 0.25) is 5.76 Å². The number of esters is 1. The smallest absolute Gasteiger partial charge is 0.375 e. The first-order valence-electron chi connectivity index (χ1n) is 10.9. The highest BCUT2D eigenvalue weighted by Gasteiger charge is 2.38. The number of hydrogen-bond donors (Lipinski definition) is 1. The number of ether oxygens (including phenoxy) is 2. The van der Waals surface area contributed by atoms with Crippen molar-refractivity contribution in [2.75, 3.05) is 39.5 Å². The van der Waals surface area contributed by atoms with E-state index in [0.29, 0.717) is 17.7 Å². The van der Waals surface area contributed by atoms with Crippen LogP contribution in [-0.2, 0) is 14.3 Å². The molecule has 2 aromatic rings. The summed E-state index contributed by atoms with van der Waals surface area (Å²) in [5, 5.41) is 3.85. The van der Waals surface area contributed by atoms with Gasteiger partial charge in [0.05, 0.1) is 13.2 Å². The second kappa shape index (κ2) is 9.71. The van der Waals surface area contributed by atoms with Gasteiger partial charge in [0.1, 0.15) is 5.58 Å². The molecule has 0 bridgehead atoms. The lowest BCUT2D eigenvalue weighted by atomic mass is 9.79. The van der Waals surface area contributed by atoms with Crippen LogP contribution < -0.4 is 5.32 Å². The van der Waals surface area contributed by atoms with E-state index < -0.39 is 5.97 Å². The molecular formula is C23H29BrN2O5. The average molecular weight is 493 g/mol. The van der Waals surface area contributed by atoms with Crippen LogP contribution in [0.15, 0.2) is 27.1 Å². The second-order valence-electron chi connectivity index (χ2n) is 8.43. The third-order valence-electron chi connectivity index (χ3n) is 6.50. The van der Waals surface area contributed by atoms with Crippen molar-refractivity contribution >= 4 is 38.8 Å². The second-order valence-corrected chi connectivity index (χ2v) is 9.35. The van der Waals surface area contributed by atoms with Gasteiger partial charge in [-0.05, 0) is 38.0 Å². The normalized spacial score (nSPS) is 19.3. The number of fused-ring (bicyclic) bond motifs is 1. The molecule has 0 radical (unpaired) electrons. The Labute approximate surface area is 190 Å². The number of benzene rings is 1. The van der Waals surface area contributed by atoms with Gasteiger partial charge in [0, 0.05) is 40.6 Å². The minimum absolute atomic E-state index is 0.0234. The highest BCUT2D eigenvalue weighted by molar-refractivity contribution is 9.10. The van der Waals surface area contributed by atoms with Crippen LogP contribution in [0.25, 0.3) is 11.0 Å². The van der Waals surface area contributed by atoms with Crippen LogP contribution in [0.4, 0.5) is 0 Å². The number of hydrogen-bond acceptors (Lipinski definition) is 6. The van der Waals surface area contributed by atoms with Gasteiger partial charge < -0.3 is 19.2 Å². The zero-order valence-electron chi connectivity index (χ0n) is 17.9. The predicted molar refractivity (Wildman–Crippen MR) is 120 cm³/mol. The van der Waals surface area contributed by atoms with Crippen LogP contribution in [0.1, 0.15) is 48.2 Å². The van der Waals surface area contributed by atoms with Crippen LogP contribution in [0, 0.1) is 6.92 Å². The molecule has 0 atom stereocenters. The lowest BCUT2D eigenvalue weighted by molar-refractivity contribution is -0.125. The molecule has 7 nitrogen and oxygen atoms in total. The SMILES string of the molecule is Cc1c(C(=O)OCC(=O)NCC2(N3CCOCC3)CCCCC2)oc2ccc(Br)cc12. The highest BCUT2D eigenvalue weighted by Crippen LogP contribution is 2.34. The van der Waals surface area contributed by atoms with Crippen molar-refractivity contribution < 1.29 is 23.5 Å². The summed E-state index contributed by atoms with van der Waals surface area (Å²) < 4.78 is 17.3. The van der Waals surface area contributed by atoms with Crippen molar-refractivity contribution in [1.82, 2.24) is 10.2 Å². The van der Waals surface area contributed by atoms with Gasteiger partial charge >= 0.3 is 5.97 Å². The van der Waals surface area contributed by atoms with Crippen molar-refractivity contribution in [3.8, 4) is 0 Å². The zero-order valence-corrected chi connectivity index (χ0v) is 19.5. The van der Waals surface area contributed by atoms with Crippen LogP contribution >= 0.6 is 15.9 Å². The molecule has 1 aliphatic heterocycles. The summed E-state index contributed by atoms with van der Waals surface area (Å²) in [6, 6.07) is 5.54. The van der Waals surface area contributed by atoms with E-state index in [1.165, 1.54) is 19.3 Å². The third kappa shape index (κ3) is 4.96. The summed E-state index contributed by atoms with van der Waals surface area (Å²) in [7, 11) is 0. The van der Waals surface area contributed by atoms with Crippen molar-refractivity contribution in [3.63, 3.8) is 0 Å². The highest BCUT2D eigenvalue weighted by atomic mass is 79.9. The maximum absolute atomic E-state index is 12.5. The molecule has 1 aromatic heterocycles. The van der Waals surface area contributed by atoms with Crippen LogP contribution in [0.5, 0.6) is 0 Å². The Morgan fingerprint density at radius 3 is 2.68 bits per heavy atom. The molecule has 168 valence electrons. The summed E-state index contributed by atoms with van der Waals surface area (Å²) >= 11 is 3.42. The van der Waals surface area contributed by atoms with E-state index in [-0.39, 0.29) is 23.8 Å². The molecule has 1 N–H and O–H groups in total. The minimum atomic E-state index is -0.625. The molecule has 2 heterocycles. The Kier molecular flexibility index (Phi) is 6.99. The van der Waals surface area contributed by atoms with E-state index in [1.54, 1.807) is 6.07 Å². The largest absolute Gasteiger partial charge is 0.450 e. The summed E-state index contributed by atoms with van der Waals surface area (Å²) in [5.74, 6) is -0.776. The first kappa shape index (κ1) is 22.3. The van der Waals surface area contributed by atoms with E-state index in [1.807, 2.05) is 19.1 Å². The molecule has 0 spiro atoms. The van der Waals surface area contributed by atoms with Crippen LogP contribution in [-0.4, -0.2) is 61.8 Å². The molecule has 2 aliphatic rings. The Morgan fingerprint density at radius 1 is 1.19 bits per heavy atom. The van der Waals surface area contributed by atoms with Gasteiger partial charge in [0.25, 0.3) is 5.91 Å². The van der Waals surface area contributed by atoms with E-state index in [0.717, 1.165) is 49.0 Å². The molecule has 8 heteroatoms. The van der Waals surface area contributed by atoms with E-state index in [9.17, 15) is 9.59 Å². The van der Waals surface area contributed by atoms with E-state index in [4.69, 9.17) is 13.9 Å². The summed E-state index contributed by atoms with van der Waals surface area (Å²) in [6.07, 6.45) is 5.72. The minimum Gasteiger partial charge on any atom is -0.450 e. The molecule has 1 aliphatic carbocycles. The number of aryl methyl sites for hydroxylation is 1. The predicted octanol–water partition coefficient (Wildman–Crippen LogP) is 3.81. The lowest BCUT2D eigenvalue weighted by Gasteiger charge is -2.48. The monoisotopic (exact) mass is 492 g/mol. The van der Waals surface area contributed by atoms with Gasteiger partial charge in [-0.2, -0.15) is 0 Å². The van der Waals surface area contributed by atoms with Gasteiger partial charge in [-0.15, -0.1) is 0 Å². The number of furan rings is 1. The number of carbonyl (C=O) groups excluding carboxylic acids is 2. The number of halogens is 1. The quantitative estimate of drug-likeness (QED) is 0.617. The van der Waals surface area contributed by atoms with Crippen LogP contribution in [0.3, 0.4) is 0 Å². The zero-order chi connectivity index (χ0) is 21.8. The topological polar surface area (TPSA) is 81.0 Å². The summed E-state index contributed by atoms with van der Waals surface area (Å²) in [5.41, 5.74) is 1.29. The molecule has 1 saturated carbocycles. The number of nitrogens with zero attached hydrogens (tertiary/aromatic N) is 1. The molecule has 1 saturated heterocycles. The van der Waals surface area contributed by atoms with Crippen molar-refractivity contribution in [2.24, 2.45) is 0 Å². The maximum atomic E-state index is 12.5. The summed E-state index contributed by atoms with van der Waals surface area (Å²) in [6.45, 7) is 5.32. The fourth-order valence-corrected chi connectivity index (χ4v) is 5.11. The standard InChI is InChI=1S/C23H29BrN2O5/c1-16-18-13-17(24)5-6-19(18)31-21(16)22(28)30-14-20(27)25-15-23(7-3-2-4-8-23)26-9-11-29-12-10-26/h5-6,13H,2-4,7-12,14-15H2,1H3,(H,25,27). The molecule has 1 amide bonds. The Hall–Kier alpha value is -1.90. The first-order chi connectivity index (χ1) is 15.0. The fraction of sp³-hybridized carbons (Fsp3) is 0.565. The third-order valence-corrected chi connectivity index (χ3v) is 6.99. The average Bonchev–Trinajstić information content (AvgIpc) is 3.13. The Bertz CT molecular complexity index is 945. The molecule has 0 unspecified atom stereocenters. The van der Waals surface area contributed by atoms with Gasteiger partial charge in [-0.3, -0.25) is 9.69 Å². The van der Waals surface area contributed by atoms with Crippen molar-refractivity contribution in [3.05, 3.63) is 34.0 Å².